The molecule has 1 aromatic heterocycles. The van der Waals surface area contributed by atoms with Gasteiger partial charge >= 0.3 is 5.97 Å². The molecule has 1 aliphatic rings. The summed E-state index contributed by atoms with van der Waals surface area (Å²) in [6.07, 6.45) is 7.77. The predicted octanol–water partition coefficient (Wildman–Crippen LogP) is 4.09. The summed E-state index contributed by atoms with van der Waals surface area (Å²) in [6, 6.07) is 0.469. The smallest absolute Gasteiger partial charge is 0.357 e. The van der Waals surface area contributed by atoms with Crippen LogP contribution in [0.1, 0.15) is 62.9 Å². The number of hydrogen-bond donors (Lipinski definition) is 1. The number of nitrogens with one attached hydrogen (secondary N) is 1. The Morgan fingerprint density at radius 1 is 1.45 bits per heavy atom. The number of ether oxygens (including phenoxy) is 1. The van der Waals surface area contributed by atoms with Gasteiger partial charge in [0.2, 0.25) is 0 Å². The van der Waals surface area contributed by atoms with Gasteiger partial charge in [0.05, 0.1) is 6.61 Å². The molecule has 1 heterocycles. The van der Waals surface area contributed by atoms with E-state index in [1.807, 2.05) is 0 Å². The van der Waals surface area contributed by atoms with Crippen LogP contribution in [0.25, 0.3) is 0 Å². The van der Waals surface area contributed by atoms with Crippen LogP contribution in [0.4, 0.5) is 5.13 Å². The Morgan fingerprint density at radius 2 is 2.20 bits per heavy atom. The molecule has 1 aliphatic carbocycles. The van der Waals surface area contributed by atoms with Gasteiger partial charge in [-0.15, -0.1) is 11.3 Å². The number of carbonyl (C=O) groups is 1. The van der Waals surface area contributed by atoms with Crippen LogP contribution in [0.5, 0.6) is 0 Å². The van der Waals surface area contributed by atoms with Crippen LogP contribution in [0, 0.1) is 5.92 Å². The van der Waals surface area contributed by atoms with E-state index < -0.39 is 0 Å². The molecule has 0 aliphatic heterocycles. The molecule has 0 saturated heterocycles. The number of esters is 1. The van der Waals surface area contributed by atoms with Crippen LogP contribution >= 0.6 is 11.3 Å². The molecule has 5 heteroatoms. The zero-order valence-corrected chi connectivity index (χ0v) is 13.2. The monoisotopic (exact) mass is 296 g/mol. The SMILES string of the molecule is CCOC(=O)c1csc(NC(CC)C2CCCCC2)n1. The first-order valence-corrected chi connectivity index (χ1v) is 8.51. The number of anilines is 1. The van der Waals surface area contributed by atoms with Crippen LogP contribution < -0.4 is 5.32 Å². The lowest BCUT2D eigenvalue weighted by atomic mass is 9.83. The highest BCUT2D eigenvalue weighted by atomic mass is 32.1. The van der Waals surface area contributed by atoms with E-state index in [1.54, 1.807) is 12.3 Å². The van der Waals surface area contributed by atoms with Gasteiger partial charge in [-0.2, -0.15) is 0 Å². The van der Waals surface area contributed by atoms with Crippen LogP contribution in [0.3, 0.4) is 0 Å². The molecule has 0 amide bonds. The van der Waals surface area contributed by atoms with Crippen molar-refractivity contribution in [3.63, 3.8) is 0 Å². The molecule has 112 valence electrons. The second kappa shape index (κ2) is 7.62. The van der Waals surface area contributed by atoms with Crippen molar-refractivity contribution in [2.45, 2.75) is 58.4 Å². The minimum absolute atomic E-state index is 0.331. The maximum Gasteiger partial charge on any atom is 0.357 e. The van der Waals surface area contributed by atoms with Crippen molar-refractivity contribution >= 4 is 22.4 Å². The van der Waals surface area contributed by atoms with Crippen molar-refractivity contribution in [2.24, 2.45) is 5.92 Å². The molecule has 1 atom stereocenters. The topological polar surface area (TPSA) is 51.2 Å². The van der Waals surface area contributed by atoms with E-state index in [9.17, 15) is 4.79 Å². The van der Waals surface area contributed by atoms with Crippen molar-refractivity contribution < 1.29 is 9.53 Å². The molecule has 0 spiro atoms. The molecule has 1 aromatic rings. The summed E-state index contributed by atoms with van der Waals surface area (Å²) in [6.45, 7) is 4.41. The van der Waals surface area contributed by atoms with E-state index in [0.717, 1.165) is 17.5 Å². The molecule has 20 heavy (non-hydrogen) atoms. The molecule has 0 bridgehead atoms. The number of nitrogens with zero attached hydrogens (tertiary/aromatic N) is 1. The zero-order valence-electron chi connectivity index (χ0n) is 12.4. The lowest BCUT2D eigenvalue weighted by Crippen LogP contribution is -2.30. The highest BCUT2D eigenvalue weighted by molar-refractivity contribution is 7.13. The van der Waals surface area contributed by atoms with Gasteiger partial charge in [-0.25, -0.2) is 9.78 Å². The fourth-order valence-corrected chi connectivity index (χ4v) is 3.63. The lowest BCUT2D eigenvalue weighted by molar-refractivity contribution is 0.0520. The predicted molar refractivity (Wildman–Crippen MR) is 82.3 cm³/mol. The first-order chi connectivity index (χ1) is 9.74. The summed E-state index contributed by atoms with van der Waals surface area (Å²) in [4.78, 5) is 16.0. The minimum Gasteiger partial charge on any atom is -0.461 e. The van der Waals surface area contributed by atoms with Gasteiger partial charge in [0.1, 0.15) is 0 Å². The third kappa shape index (κ3) is 3.95. The van der Waals surface area contributed by atoms with Crippen LogP contribution in [0.15, 0.2) is 5.38 Å². The average Bonchev–Trinajstić information content (AvgIpc) is 2.94. The van der Waals surface area contributed by atoms with Crippen LogP contribution in [0.2, 0.25) is 0 Å². The second-order valence-corrected chi connectivity index (χ2v) is 6.17. The number of hydrogen-bond acceptors (Lipinski definition) is 5. The Kier molecular flexibility index (Phi) is 5.83. The Labute approximate surface area is 124 Å². The summed E-state index contributed by atoms with van der Waals surface area (Å²) in [5.41, 5.74) is 0.415. The molecule has 1 saturated carbocycles. The summed E-state index contributed by atoms with van der Waals surface area (Å²) < 4.78 is 4.97. The number of rotatable bonds is 6. The van der Waals surface area contributed by atoms with E-state index in [0.29, 0.717) is 18.3 Å². The molecule has 1 unspecified atom stereocenters. The van der Waals surface area contributed by atoms with Crippen LogP contribution in [-0.4, -0.2) is 23.6 Å². The quantitative estimate of drug-likeness (QED) is 0.803. The van der Waals surface area contributed by atoms with Gasteiger partial charge in [0.15, 0.2) is 10.8 Å². The number of carbonyl (C=O) groups excluding carboxylic acids is 1. The molecule has 1 N–H and O–H groups in total. The summed E-state index contributed by atoms with van der Waals surface area (Å²) in [5, 5.41) is 6.13. The average molecular weight is 296 g/mol. The fraction of sp³-hybridized carbons (Fsp3) is 0.733. The van der Waals surface area contributed by atoms with Gasteiger partial charge in [0, 0.05) is 11.4 Å². The lowest BCUT2D eigenvalue weighted by Gasteiger charge is -2.30. The highest BCUT2D eigenvalue weighted by Gasteiger charge is 2.23. The Balaban J connectivity index is 1.95. The Bertz CT molecular complexity index is 427. The maximum absolute atomic E-state index is 11.6. The summed E-state index contributed by atoms with van der Waals surface area (Å²) >= 11 is 1.49. The maximum atomic E-state index is 11.6. The van der Waals surface area contributed by atoms with Crippen LogP contribution in [-0.2, 0) is 4.74 Å². The summed E-state index contributed by atoms with van der Waals surface area (Å²) in [7, 11) is 0. The van der Waals surface area contributed by atoms with E-state index in [2.05, 4.69) is 17.2 Å². The van der Waals surface area contributed by atoms with E-state index in [-0.39, 0.29) is 5.97 Å². The highest BCUT2D eigenvalue weighted by Crippen LogP contribution is 2.30. The third-order valence-electron chi connectivity index (χ3n) is 3.96. The molecule has 1 fully saturated rings. The second-order valence-electron chi connectivity index (χ2n) is 5.32. The van der Waals surface area contributed by atoms with Crippen molar-refractivity contribution in [3.05, 3.63) is 11.1 Å². The van der Waals surface area contributed by atoms with Gasteiger partial charge in [-0.3, -0.25) is 0 Å². The van der Waals surface area contributed by atoms with E-state index in [1.165, 1.54) is 43.4 Å². The molecule has 2 rings (SSSR count). The minimum atomic E-state index is -0.331. The van der Waals surface area contributed by atoms with Crippen molar-refractivity contribution in [3.8, 4) is 0 Å². The van der Waals surface area contributed by atoms with Crippen molar-refractivity contribution in [1.29, 1.82) is 0 Å². The first-order valence-electron chi connectivity index (χ1n) is 7.63. The largest absolute Gasteiger partial charge is 0.461 e. The van der Waals surface area contributed by atoms with Gasteiger partial charge in [-0.1, -0.05) is 26.2 Å². The van der Waals surface area contributed by atoms with Crippen molar-refractivity contribution in [2.75, 3.05) is 11.9 Å². The Hall–Kier alpha value is -1.10. The number of aromatic nitrogens is 1. The standard InChI is InChI=1S/C15H24N2O2S/c1-3-12(11-8-6-5-7-9-11)16-15-17-13(10-20-15)14(18)19-4-2/h10-12H,3-9H2,1-2H3,(H,16,17). The molecule has 4 nitrogen and oxygen atoms in total. The van der Waals surface area contributed by atoms with Crippen molar-refractivity contribution in [1.82, 2.24) is 4.98 Å². The Morgan fingerprint density at radius 3 is 2.85 bits per heavy atom. The van der Waals surface area contributed by atoms with Gasteiger partial charge in [0.25, 0.3) is 0 Å². The molecule has 0 radical (unpaired) electrons. The molecular formula is C15H24N2O2S. The summed E-state index contributed by atoms with van der Waals surface area (Å²) in [5.74, 6) is 0.409. The first kappa shape index (κ1) is 15.3. The van der Waals surface area contributed by atoms with E-state index >= 15 is 0 Å². The zero-order chi connectivity index (χ0) is 14.4. The number of thiazole rings is 1. The van der Waals surface area contributed by atoms with Gasteiger partial charge < -0.3 is 10.1 Å². The van der Waals surface area contributed by atoms with E-state index in [4.69, 9.17) is 4.74 Å². The molecule has 0 aromatic carbocycles. The molecular weight excluding hydrogens is 272 g/mol. The normalized spacial score (nSPS) is 17.7. The third-order valence-corrected chi connectivity index (χ3v) is 4.73. The van der Waals surface area contributed by atoms with Gasteiger partial charge in [-0.05, 0) is 32.1 Å². The fourth-order valence-electron chi connectivity index (χ4n) is 2.89.